The van der Waals surface area contributed by atoms with Crippen molar-refractivity contribution in [1.29, 1.82) is 0 Å². The van der Waals surface area contributed by atoms with Gasteiger partial charge in [0.2, 0.25) is 0 Å². The van der Waals surface area contributed by atoms with Gasteiger partial charge in [0.05, 0.1) is 6.04 Å². The van der Waals surface area contributed by atoms with Gasteiger partial charge in [-0.25, -0.2) is 4.79 Å². The molecule has 1 aromatic rings. The zero-order valence-corrected chi connectivity index (χ0v) is 19.3. The number of amides is 2. The first-order valence-electron chi connectivity index (χ1n) is 12.0. The lowest BCUT2D eigenvalue weighted by molar-refractivity contribution is -0.0349. The van der Waals surface area contributed by atoms with E-state index < -0.39 is 0 Å². The number of carbonyl (C=O) groups is 2. The van der Waals surface area contributed by atoms with Gasteiger partial charge < -0.3 is 15.0 Å². The van der Waals surface area contributed by atoms with E-state index in [1.54, 1.807) is 0 Å². The number of piperidine rings is 2. The Morgan fingerprint density at radius 1 is 1.13 bits per heavy atom. The second-order valence-corrected chi connectivity index (χ2v) is 9.62. The number of unbranched alkanes of at least 4 members (excludes halogenated alkanes) is 1. The molecule has 1 aromatic carbocycles. The van der Waals surface area contributed by atoms with E-state index in [-0.39, 0.29) is 23.6 Å². The van der Waals surface area contributed by atoms with Crippen LogP contribution in [-0.2, 0) is 4.74 Å². The first-order valence-corrected chi connectivity index (χ1v) is 12.0. The Balaban J connectivity index is 1.31. The lowest BCUT2D eigenvalue weighted by atomic mass is 9.81. The summed E-state index contributed by atoms with van der Waals surface area (Å²) in [6, 6.07) is 6.72. The fourth-order valence-corrected chi connectivity index (χ4v) is 5.76. The molecule has 3 fully saturated rings. The van der Waals surface area contributed by atoms with Crippen LogP contribution in [0, 0.1) is 13.8 Å². The summed E-state index contributed by atoms with van der Waals surface area (Å²) in [4.78, 5) is 29.7. The molecule has 1 N–H and O–H groups in total. The topological polar surface area (TPSA) is 61.9 Å². The Hall–Kier alpha value is -2.08. The predicted octanol–water partition coefficient (Wildman–Crippen LogP) is 4.04. The highest BCUT2D eigenvalue weighted by Gasteiger charge is 2.50. The average Bonchev–Trinajstić information content (AvgIpc) is 3.07. The number of likely N-dealkylation sites (tertiary alicyclic amines) is 2. The number of nitrogens with one attached hydrogen (secondary N) is 1. The molecule has 0 bridgehead atoms. The molecule has 0 saturated carbocycles. The maximum absolute atomic E-state index is 13.1. The smallest absolute Gasteiger partial charge is 0.408 e. The summed E-state index contributed by atoms with van der Waals surface area (Å²) in [5, 5.41) is 3.06. The third kappa shape index (κ3) is 4.45. The van der Waals surface area contributed by atoms with Crippen LogP contribution < -0.4 is 5.32 Å². The van der Waals surface area contributed by atoms with E-state index in [0.717, 1.165) is 87.8 Å². The molecule has 2 amide bonds. The zero-order valence-electron chi connectivity index (χ0n) is 19.3. The zero-order chi connectivity index (χ0) is 22.0. The molecule has 3 saturated heterocycles. The van der Waals surface area contributed by atoms with Crippen molar-refractivity contribution < 1.29 is 14.3 Å². The van der Waals surface area contributed by atoms with Gasteiger partial charge in [-0.1, -0.05) is 38.0 Å². The van der Waals surface area contributed by atoms with Gasteiger partial charge in [-0.3, -0.25) is 9.69 Å². The Bertz CT molecular complexity index is 788. The van der Waals surface area contributed by atoms with Crippen LogP contribution >= 0.6 is 0 Å². The minimum absolute atomic E-state index is 0.152. The summed E-state index contributed by atoms with van der Waals surface area (Å²) in [5.74, 6) is 0.175. The molecule has 0 aromatic heterocycles. The molecule has 6 nitrogen and oxygen atoms in total. The molecular formula is C25H37N3O3. The fraction of sp³-hybridized carbons (Fsp3) is 0.680. The highest BCUT2D eigenvalue weighted by Crippen LogP contribution is 2.37. The largest absolute Gasteiger partial charge is 0.441 e. The van der Waals surface area contributed by atoms with Crippen molar-refractivity contribution in [1.82, 2.24) is 15.1 Å². The number of aryl methyl sites for hydroxylation is 2. The maximum atomic E-state index is 13.1. The Labute approximate surface area is 186 Å². The Morgan fingerprint density at radius 3 is 2.39 bits per heavy atom. The quantitative estimate of drug-likeness (QED) is 0.770. The monoisotopic (exact) mass is 427 g/mol. The van der Waals surface area contributed by atoms with Crippen molar-refractivity contribution in [2.24, 2.45) is 0 Å². The van der Waals surface area contributed by atoms with E-state index in [4.69, 9.17) is 4.74 Å². The highest BCUT2D eigenvalue weighted by atomic mass is 16.6. The summed E-state index contributed by atoms with van der Waals surface area (Å²) in [5.41, 5.74) is 2.67. The highest BCUT2D eigenvalue weighted by molar-refractivity contribution is 5.97. The van der Waals surface area contributed by atoms with Crippen molar-refractivity contribution >= 4 is 12.0 Å². The fourth-order valence-electron chi connectivity index (χ4n) is 5.76. The summed E-state index contributed by atoms with van der Waals surface area (Å²) in [6.07, 6.45) is 6.85. The van der Waals surface area contributed by atoms with E-state index in [1.165, 1.54) is 0 Å². The normalized spacial score (nSPS) is 24.3. The van der Waals surface area contributed by atoms with Gasteiger partial charge in [-0.05, 0) is 44.2 Å². The number of carbonyl (C=O) groups excluding carboxylic acids is 2. The van der Waals surface area contributed by atoms with Crippen LogP contribution in [0.5, 0.6) is 0 Å². The number of rotatable bonds is 5. The van der Waals surface area contributed by atoms with Crippen LogP contribution in [0.3, 0.4) is 0 Å². The molecule has 3 heterocycles. The molecule has 0 radical (unpaired) electrons. The summed E-state index contributed by atoms with van der Waals surface area (Å²) < 4.78 is 5.83. The van der Waals surface area contributed by atoms with Gasteiger partial charge in [-0.2, -0.15) is 0 Å². The number of ether oxygens (including phenoxy) is 1. The number of nitrogens with zero attached hydrogens (tertiary/aromatic N) is 2. The second-order valence-electron chi connectivity index (χ2n) is 9.62. The average molecular weight is 428 g/mol. The molecule has 170 valence electrons. The number of benzene rings is 1. The van der Waals surface area contributed by atoms with Gasteiger partial charge in [0.1, 0.15) is 5.60 Å². The van der Waals surface area contributed by atoms with Crippen LogP contribution in [0.15, 0.2) is 18.2 Å². The van der Waals surface area contributed by atoms with E-state index >= 15 is 0 Å². The molecular weight excluding hydrogens is 390 g/mol. The standard InChI is InChI=1S/C25H37N3O3/c1-4-5-9-21-25(31-24(30)26-21)12-16-27(17-13-25)20-10-14-28(15-11-20)23(29)22-18(2)7-6-8-19(22)3/h6-8,20-21H,4-5,9-17H2,1-3H3,(H,26,30). The van der Waals surface area contributed by atoms with Gasteiger partial charge >= 0.3 is 6.09 Å². The van der Waals surface area contributed by atoms with Crippen molar-refractivity contribution in [3.63, 3.8) is 0 Å². The van der Waals surface area contributed by atoms with E-state index in [1.807, 2.05) is 36.9 Å². The summed E-state index contributed by atoms with van der Waals surface area (Å²) >= 11 is 0. The van der Waals surface area contributed by atoms with Crippen LogP contribution in [0.1, 0.15) is 73.4 Å². The molecule has 4 rings (SSSR count). The number of alkyl carbamates (subject to hydrolysis) is 1. The molecule has 3 aliphatic heterocycles. The SMILES string of the molecule is CCCCC1NC(=O)OC12CCN(C1CCN(C(=O)c3c(C)cccc3C)CC1)CC2. The second kappa shape index (κ2) is 9.19. The lowest BCUT2D eigenvalue weighted by Gasteiger charge is -2.45. The molecule has 6 heteroatoms. The van der Waals surface area contributed by atoms with Crippen LogP contribution in [0.2, 0.25) is 0 Å². The van der Waals surface area contributed by atoms with Gasteiger partial charge in [0, 0.05) is 50.6 Å². The van der Waals surface area contributed by atoms with Crippen molar-refractivity contribution in [3.05, 3.63) is 34.9 Å². The number of hydrogen-bond donors (Lipinski definition) is 1. The molecule has 1 spiro atoms. The van der Waals surface area contributed by atoms with Crippen LogP contribution in [0.25, 0.3) is 0 Å². The third-order valence-corrected chi connectivity index (χ3v) is 7.68. The van der Waals surface area contributed by atoms with Crippen molar-refractivity contribution in [2.45, 2.75) is 83.4 Å². The third-order valence-electron chi connectivity index (χ3n) is 7.68. The van der Waals surface area contributed by atoms with E-state index in [2.05, 4.69) is 17.1 Å². The van der Waals surface area contributed by atoms with Crippen LogP contribution in [-0.4, -0.2) is 65.7 Å². The van der Waals surface area contributed by atoms with Crippen molar-refractivity contribution in [3.8, 4) is 0 Å². The minimum atomic E-state index is -0.318. The van der Waals surface area contributed by atoms with Gasteiger partial charge in [0.15, 0.2) is 0 Å². The van der Waals surface area contributed by atoms with Gasteiger partial charge in [-0.15, -0.1) is 0 Å². The molecule has 1 unspecified atom stereocenters. The van der Waals surface area contributed by atoms with Crippen molar-refractivity contribution in [2.75, 3.05) is 26.2 Å². The van der Waals surface area contributed by atoms with Gasteiger partial charge in [0.25, 0.3) is 5.91 Å². The first kappa shape index (κ1) is 22.1. The Kier molecular flexibility index (Phi) is 6.56. The molecule has 31 heavy (non-hydrogen) atoms. The van der Waals surface area contributed by atoms with Crippen LogP contribution in [0.4, 0.5) is 4.79 Å². The first-order chi connectivity index (χ1) is 14.9. The summed E-state index contributed by atoms with van der Waals surface area (Å²) in [7, 11) is 0. The van der Waals surface area contributed by atoms with E-state index in [0.29, 0.717) is 6.04 Å². The summed E-state index contributed by atoms with van der Waals surface area (Å²) in [6.45, 7) is 9.79. The minimum Gasteiger partial charge on any atom is -0.441 e. The Morgan fingerprint density at radius 2 is 1.77 bits per heavy atom. The van der Waals surface area contributed by atoms with E-state index in [9.17, 15) is 9.59 Å². The number of hydrogen-bond acceptors (Lipinski definition) is 4. The lowest BCUT2D eigenvalue weighted by Crippen LogP contribution is -2.55. The predicted molar refractivity (Wildman–Crippen MR) is 121 cm³/mol. The molecule has 1 atom stereocenters. The molecule has 0 aliphatic carbocycles. The maximum Gasteiger partial charge on any atom is 0.408 e. The molecule has 3 aliphatic rings.